The lowest BCUT2D eigenvalue weighted by Gasteiger charge is -2.26. The van der Waals surface area contributed by atoms with Crippen molar-refractivity contribution in [3.8, 4) is 34.0 Å². The molecule has 1 amide bonds. The van der Waals surface area contributed by atoms with Crippen molar-refractivity contribution in [3.05, 3.63) is 118 Å². The monoisotopic (exact) mass is 1460 g/mol. The first-order valence-corrected chi connectivity index (χ1v) is 36.1. The third-order valence-electron chi connectivity index (χ3n) is 18.1. The first kappa shape index (κ1) is 68.2. The molecule has 6 fully saturated rings. The molecule has 4 saturated carbocycles. The highest BCUT2D eigenvalue weighted by molar-refractivity contribution is 9.11. The Morgan fingerprint density at radius 2 is 1.09 bits per heavy atom. The Labute approximate surface area is 583 Å². The van der Waals surface area contributed by atoms with Crippen LogP contribution >= 0.6 is 85.0 Å². The van der Waals surface area contributed by atoms with Gasteiger partial charge in [0.15, 0.2) is 9.05 Å². The minimum Gasteiger partial charge on any atom is -0.489 e. The van der Waals surface area contributed by atoms with Crippen LogP contribution in [-0.2, 0) is 27.3 Å². The lowest BCUT2D eigenvalue weighted by atomic mass is 9.97. The summed E-state index contributed by atoms with van der Waals surface area (Å²) in [6.45, 7) is 18.2. The molecule has 6 atom stereocenters. The largest absolute Gasteiger partial charge is 0.489 e. The lowest BCUT2D eigenvalue weighted by molar-refractivity contribution is 0.0277. The van der Waals surface area contributed by atoms with Crippen LogP contribution in [0.1, 0.15) is 155 Å². The molecule has 8 aromatic rings. The van der Waals surface area contributed by atoms with Crippen molar-refractivity contribution >= 4 is 129 Å². The number of nitrogens with zero attached hydrogens (tertiary/aromatic N) is 6. The average Bonchev–Trinajstić information content (AvgIpc) is 1.62. The fourth-order valence-electron chi connectivity index (χ4n) is 13.5. The number of ether oxygens (including phenoxy) is 5. The summed E-state index contributed by atoms with van der Waals surface area (Å²) in [5.41, 5.74) is 7.08. The summed E-state index contributed by atoms with van der Waals surface area (Å²) >= 11 is 32.6. The zero-order chi connectivity index (χ0) is 66.4. The highest BCUT2D eigenvalue weighted by Crippen LogP contribution is 2.50. The van der Waals surface area contributed by atoms with Gasteiger partial charge in [-0.1, -0.05) is 80.2 Å². The second kappa shape index (κ2) is 28.8. The molecule has 6 heterocycles. The van der Waals surface area contributed by atoms with Crippen LogP contribution in [0.2, 0.25) is 20.1 Å². The van der Waals surface area contributed by atoms with E-state index in [2.05, 4.69) is 46.8 Å². The van der Waals surface area contributed by atoms with Gasteiger partial charge in [-0.15, -0.1) is 11.3 Å². The van der Waals surface area contributed by atoms with Crippen molar-refractivity contribution in [2.75, 3.05) is 45.3 Å². The van der Waals surface area contributed by atoms with E-state index in [4.69, 9.17) is 84.1 Å². The third-order valence-corrected chi connectivity index (χ3v) is 21.9. The van der Waals surface area contributed by atoms with E-state index in [1.54, 1.807) is 29.5 Å². The molecule has 2 N–H and O–H groups in total. The number of aromatic nitrogens is 4. The van der Waals surface area contributed by atoms with Crippen molar-refractivity contribution < 1.29 is 47.1 Å². The normalized spacial score (nSPS) is 20.7. The minimum absolute atomic E-state index is 0.0153. The molecule has 4 aromatic carbocycles. The molecule has 500 valence electrons. The number of rotatable bonds is 17. The molecule has 14 rings (SSSR count). The predicted octanol–water partition coefficient (Wildman–Crippen LogP) is 17.6. The van der Waals surface area contributed by atoms with Gasteiger partial charge < -0.3 is 53.2 Å². The second-order valence-corrected chi connectivity index (χ2v) is 31.6. The number of carbonyl (C=O) groups is 3. The Morgan fingerprint density at radius 1 is 0.628 bits per heavy atom. The fraction of sp³-hybridized carbons (Fsp3) is 0.493. The topological polar surface area (TPSA) is 206 Å². The van der Waals surface area contributed by atoms with Gasteiger partial charge in [-0.3, -0.25) is 0 Å². The number of esters is 2. The number of thiazole rings is 2. The van der Waals surface area contributed by atoms with E-state index in [-0.39, 0.29) is 30.2 Å². The fourth-order valence-corrected chi connectivity index (χ4v) is 17.2. The van der Waals surface area contributed by atoms with Gasteiger partial charge in [0.25, 0.3) is 0 Å². The van der Waals surface area contributed by atoms with Crippen LogP contribution < -0.4 is 25.0 Å². The van der Waals surface area contributed by atoms with Gasteiger partial charge in [0.1, 0.15) is 51.0 Å². The van der Waals surface area contributed by atoms with Crippen LogP contribution in [0.4, 0.5) is 9.93 Å². The van der Waals surface area contributed by atoms with Crippen LogP contribution in [0.5, 0.6) is 11.5 Å². The number of fused-ring (bicyclic) bond motifs is 4. The van der Waals surface area contributed by atoms with E-state index in [0.29, 0.717) is 103 Å². The molecule has 94 heavy (non-hydrogen) atoms. The van der Waals surface area contributed by atoms with Crippen LogP contribution in [0.3, 0.4) is 0 Å². The molecule has 0 radical (unpaired) electrons. The number of hydrogen-bond acceptors (Lipinski definition) is 19. The SMILES string of the molecule is CC(C)(C)OC(=O)N1C[C@@H]2CC[C@@H](NCc3c(-c4c(Cl)cccc4Cl)noc3C3CC3)[C@@H]2C1.COC(=O)c1cc(OC(C)C)c2nc(Br)sc2c1.COC(=O)c1cc(OC(C)C)c2nc(N3C[C@@H]4CC[C@@H](NCc5c(-c6c(Cl)cccc6Cl)noc5C5CC5)[C@@H]4C3)sc2c1. The Morgan fingerprint density at radius 3 is 1.54 bits per heavy atom. The van der Waals surface area contributed by atoms with Crippen molar-refractivity contribution in [2.24, 2.45) is 23.7 Å². The number of halogens is 5. The maximum Gasteiger partial charge on any atom is 0.410 e. The van der Waals surface area contributed by atoms with Crippen LogP contribution in [0.25, 0.3) is 42.9 Å². The molecule has 18 nitrogen and oxygen atoms in total. The van der Waals surface area contributed by atoms with E-state index >= 15 is 0 Å². The molecule has 4 aliphatic carbocycles. The van der Waals surface area contributed by atoms with Crippen molar-refractivity contribution in [3.63, 3.8) is 0 Å². The summed E-state index contributed by atoms with van der Waals surface area (Å²) in [6, 6.07) is 18.8. The number of carbonyl (C=O) groups excluding carboxylic acids is 3. The zero-order valence-electron chi connectivity index (χ0n) is 53.9. The summed E-state index contributed by atoms with van der Waals surface area (Å²) in [5, 5.41) is 19.8. The predicted molar refractivity (Wildman–Crippen MR) is 373 cm³/mol. The van der Waals surface area contributed by atoms with Gasteiger partial charge in [0.2, 0.25) is 0 Å². The van der Waals surface area contributed by atoms with Gasteiger partial charge in [0.05, 0.1) is 67.0 Å². The molecule has 6 aliphatic rings. The Bertz CT molecular complexity index is 4070. The number of amides is 1. The zero-order valence-corrected chi connectivity index (χ0v) is 60.2. The highest BCUT2D eigenvalue weighted by Gasteiger charge is 2.47. The summed E-state index contributed by atoms with van der Waals surface area (Å²) in [7, 11) is 2.75. The van der Waals surface area contributed by atoms with Crippen LogP contribution in [0.15, 0.2) is 73.6 Å². The smallest absolute Gasteiger partial charge is 0.410 e. The van der Waals surface area contributed by atoms with E-state index in [9.17, 15) is 14.4 Å². The lowest BCUT2D eigenvalue weighted by Crippen LogP contribution is -2.39. The number of benzene rings is 4. The van der Waals surface area contributed by atoms with Gasteiger partial charge in [-0.2, -0.15) is 0 Å². The van der Waals surface area contributed by atoms with E-state index in [0.717, 1.165) is 146 Å². The molecule has 4 aromatic heterocycles. The summed E-state index contributed by atoms with van der Waals surface area (Å²) in [4.78, 5) is 50.1. The van der Waals surface area contributed by atoms with Gasteiger partial charge >= 0.3 is 18.0 Å². The highest BCUT2D eigenvalue weighted by atomic mass is 79.9. The first-order valence-electron chi connectivity index (χ1n) is 32.1. The standard InChI is InChI=1S/C32H34Cl2N4O4S.C25H31Cl2N3O3.C12H12BrNO3S/c1-16(2)41-25-11-19(31(39)40-3)12-26-29(25)36-32(43-26)38-14-18-9-10-24(21(18)15-38)35-13-20-28(37-42-30(20)17-7-8-17)27-22(33)5-4-6-23(27)34;1-25(2,3)32-24(31)30-12-15-9-10-20(17(15)13-30)28-11-16-22(29-33-23(16)14-7-8-14)21-18(26)5-4-6-19(21)27;1-6(2)17-8-4-7(11(15)16-3)5-9-10(8)14-12(13)18-9/h4-6,11-12,16-18,21,24,35H,7-10,13-15H2,1-3H3;4-6,14-15,17,20,28H,7-13H2,1-3H3;4-6H,1-3H3/t18-,21+,24+;15-,17+,20+;/m00./s1. The number of methoxy groups -OCH3 is 2. The van der Waals surface area contributed by atoms with Crippen molar-refractivity contribution in [2.45, 2.75) is 155 Å². The summed E-state index contributed by atoms with van der Waals surface area (Å²) in [6.07, 6.45) is 8.76. The number of likely N-dealkylation sites (tertiary alicyclic amines) is 1. The van der Waals surface area contributed by atoms with Gasteiger partial charge in [-0.05, 0) is 188 Å². The Hall–Kier alpha value is -5.75. The maximum atomic E-state index is 12.6. The van der Waals surface area contributed by atoms with Crippen molar-refractivity contribution in [1.82, 2.24) is 35.8 Å². The van der Waals surface area contributed by atoms with Crippen molar-refractivity contribution in [1.29, 1.82) is 0 Å². The van der Waals surface area contributed by atoms with Gasteiger partial charge in [0, 0.05) is 85.4 Å². The third kappa shape index (κ3) is 15.2. The number of nitrogens with one attached hydrogen (secondary N) is 2. The van der Waals surface area contributed by atoms with Crippen LogP contribution in [0, 0.1) is 23.7 Å². The molecular formula is C69H77BrCl4N8O10S2. The molecular weight excluding hydrogens is 1390 g/mol. The van der Waals surface area contributed by atoms with E-state index in [1.165, 1.54) is 32.0 Å². The quantitative estimate of drug-likeness (QED) is 0.0642. The molecule has 0 spiro atoms. The minimum atomic E-state index is -0.476. The first-order chi connectivity index (χ1) is 45.0. The van der Waals surface area contributed by atoms with Gasteiger partial charge in [-0.25, -0.2) is 24.4 Å². The Balaban J connectivity index is 0.000000147. The average molecular weight is 1460 g/mol. The Kier molecular flexibility index (Phi) is 20.9. The summed E-state index contributed by atoms with van der Waals surface area (Å²) < 4.78 is 41.3. The molecule has 0 unspecified atom stereocenters. The molecule has 25 heteroatoms. The number of hydrogen-bond donors (Lipinski definition) is 2. The second-order valence-electron chi connectivity index (χ2n) is 26.7. The van der Waals surface area contributed by atoms with Crippen LogP contribution in [-0.4, -0.2) is 114 Å². The maximum absolute atomic E-state index is 12.6. The summed E-state index contributed by atoms with van der Waals surface area (Å²) in [5.74, 6) is 5.23. The molecule has 2 aliphatic heterocycles. The molecule has 2 saturated heterocycles. The van der Waals surface area contributed by atoms with E-state index < -0.39 is 5.60 Å². The number of anilines is 1. The van der Waals surface area contributed by atoms with E-state index in [1.807, 2.05) is 95.8 Å². The molecule has 0 bridgehead atoms.